The minimum atomic E-state index is -0.501. The van der Waals surface area contributed by atoms with Gasteiger partial charge in [0.1, 0.15) is 12.4 Å². The van der Waals surface area contributed by atoms with Gasteiger partial charge in [0, 0.05) is 18.7 Å². The summed E-state index contributed by atoms with van der Waals surface area (Å²) >= 11 is 0. The number of fused-ring (bicyclic) bond motifs is 1. The van der Waals surface area contributed by atoms with Gasteiger partial charge in [0.25, 0.3) is 0 Å². The lowest BCUT2D eigenvalue weighted by Crippen LogP contribution is -2.30. The first-order chi connectivity index (χ1) is 17.1. The minimum absolute atomic E-state index is 0.0981. The van der Waals surface area contributed by atoms with Gasteiger partial charge in [-0.05, 0) is 64.6 Å². The van der Waals surface area contributed by atoms with Crippen molar-refractivity contribution < 1.29 is 18.8 Å². The molecule has 3 aromatic rings. The zero-order chi connectivity index (χ0) is 24.2. The summed E-state index contributed by atoms with van der Waals surface area (Å²) in [5, 5.41) is 16.1. The van der Waals surface area contributed by atoms with E-state index in [4.69, 9.17) is 9.47 Å². The van der Waals surface area contributed by atoms with Gasteiger partial charge in [-0.2, -0.15) is 5.10 Å². The van der Waals surface area contributed by atoms with Crippen LogP contribution in [0.3, 0.4) is 0 Å². The molecule has 0 aliphatic carbocycles. The van der Waals surface area contributed by atoms with Crippen LogP contribution in [0.25, 0.3) is 22.6 Å². The maximum absolute atomic E-state index is 14.7. The molecule has 1 aromatic carbocycles. The summed E-state index contributed by atoms with van der Waals surface area (Å²) in [6, 6.07) is 2.84. The highest BCUT2D eigenvalue weighted by Gasteiger charge is 2.27. The van der Waals surface area contributed by atoms with E-state index in [-0.39, 0.29) is 29.2 Å². The molecule has 10 nitrogen and oxygen atoms in total. The Labute approximate surface area is 202 Å². The minimum Gasteiger partial charge on any atom is -0.490 e. The standard InChI is InChI=1S/C24H31FN6O4/c25-17-14-18-19(15-21(17)34-12-7-5-11-29-9-3-1-4-10-29)27-24(26-18)23-20(31(32)33)16-30(28-23)22-8-2-6-13-35-22/h14-16,22H,1-13H2,(H,26,27). The van der Waals surface area contributed by atoms with Crippen molar-refractivity contribution in [3.05, 3.63) is 34.3 Å². The Morgan fingerprint density at radius 2 is 2.06 bits per heavy atom. The summed E-state index contributed by atoms with van der Waals surface area (Å²) in [5.41, 5.74) is 0.806. The Bertz CT molecular complexity index is 1170. The Morgan fingerprint density at radius 3 is 2.83 bits per heavy atom. The molecule has 35 heavy (non-hydrogen) atoms. The number of H-pyrrole nitrogens is 1. The Balaban J connectivity index is 1.28. The summed E-state index contributed by atoms with van der Waals surface area (Å²) in [7, 11) is 0. The van der Waals surface area contributed by atoms with E-state index in [1.54, 1.807) is 0 Å². The molecule has 2 aromatic heterocycles. The first-order valence-electron chi connectivity index (χ1n) is 12.5. The van der Waals surface area contributed by atoms with Crippen LogP contribution in [-0.2, 0) is 4.74 Å². The second-order valence-corrected chi connectivity index (χ2v) is 9.26. The van der Waals surface area contributed by atoms with Crippen molar-refractivity contribution in [1.29, 1.82) is 0 Å². The van der Waals surface area contributed by atoms with Crippen molar-refractivity contribution in [2.75, 3.05) is 32.8 Å². The van der Waals surface area contributed by atoms with Gasteiger partial charge < -0.3 is 19.4 Å². The van der Waals surface area contributed by atoms with E-state index in [1.165, 1.54) is 42.3 Å². The lowest BCUT2D eigenvalue weighted by molar-refractivity contribution is -0.384. The van der Waals surface area contributed by atoms with Gasteiger partial charge in [-0.25, -0.2) is 14.1 Å². The van der Waals surface area contributed by atoms with Crippen LogP contribution in [0.5, 0.6) is 5.75 Å². The number of aromatic nitrogens is 4. The zero-order valence-corrected chi connectivity index (χ0v) is 19.7. The topological polar surface area (TPSA) is 111 Å². The molecule has 1 N–H and O–H groups in total. The Kier molecular flexibility index (Phi) is 7.24. The number of benzene rings is 1. The molecule has 0 saturated carbocycles. The number of nitrogens with one attached hydrogen (secondary N) is 1. The summed E-state index contributed by atoms with van der Waals surface area (Å²) in [5.74, 6) is -0.164. The van der Waals surface area contributed by atoms with E-state index >= 15 is 0 Å². The number of rotatable bonds is 9. The van der Waals surface area contributed by atoms with Gasteiger partial charge in [-0.3, -0.25) is 10.1 Å². The monoisotopic (exact) mass is 486 g/mol. The van der Waals surface area contributed by atoms with Gasteiger partial charge in [0.15, 0.2) is 17.4 Å². The Hall–Kier alpha value is -3.05. The third-order valence-electron chi connectivity index (χ3n) is 6.69. The lowest BCUT2D eigenvalue weighted by atomic mass is 10.1. The number of unbranched alkanes of at least 4 members (excludes halogenated alkanes) is 1. The highest BCUT2D eigenvalue weighted by molar-refractivity contribution is 5.81. The fourth-order valence-electron chi connectivity index (χ4n) is 4.80. The number of piperidine rings is 1. The summed E-state index contributed by atoms with van der Waals surface area (Å²) < 4.78 is 27.6. The molecule has 0 radical (unpaired) electrons. The van der Waals surface area contributed by atoms with Crippen molar-refractivity contribution in [1.82, 2.24) is 24.6 Å². The first-order valence-corrected chi connectivity index (χ1v) is 12.5. The number of hydrogen-bond acceptors (Lipinski definition) is 7. The van der Waals surface area contributed by atoms with Crippen LogP contribution >= 0.6 is 0 Å². The molecule has 1 unspecified atom stereocenters. The van der Waals surface area contributed by atoms with E-state index in [0.29, 0.717) is 24.2 Å². The third-order valence-corrected chi connectivity index (χ3v) is 6.69. The van der Waals surface area contributed by atoms with E-state index < -0.39 is 10.7 Å². The van der Waals surface area contributed by atoms with E-state index in [2.05, 4.69) is 20.0 Å². The number of nitro groups is 1. The molecule has 0 bridgehead atoms. The van der Waals surface area contributed by atoms with Crippen LogP contribution in [0, 0.1) is 15.9 Å². The first kappa shape index (κ1) is 23.7. The SMILES string of the molecule is O=[N+]([O-])c1cn(C2CCCCO2)nc1-c1nc2cc(OCCCCN3CCCCC3)c(F)cc2[nH]1. The van der Waals surface area contributed by atoms with Crippen molar-refractivity contribution >= 4 is 16.7 Å². The number of likely N-dealkylation sites (tertiary alicyclic amines) is 1. The predicted molar refractivity (Wildman–Crippen MR) is 128 cm³/mol. The number of ether oxygens (including phenoxy) is 2. The fourth-order valence-corrected chi connectivity index (χ4v) is 4.80. The van der Waals surface area contributed by atoms with Gasteiger partial charge in [0.2, 0.25) is 5.69 Å². The van der Waals surface area contributed by atoms with Crippen LogP contribution in [-0.4, -0.2) is 62.4 Å². The maximum Gasteiger partial charge on any atom is 0.318 e. The summed E-state index contributed by atoms with van der Waals surface area (Å²) in [6.07, 6.45) is 9.41. The molecular weight excluding hydrogens is 455 g/mol. The molecular formula is C24H31FN6O4. The zero-order valence-electron chi connectivity index (χ0n) is 19.7. The van der Waals surface area contributed by atoms with Crippen LogP contribution in [0.15, 0.2) is 18.3 Å². The second kappa shape index (κ2) is 10.7. The molecule has 4 heterocycles. The normalized spacial score (nSPS) is 19.3. The van der Waals surface area contributed by atoms with Crippen molar-refractivity contribution in [3.8, 4) is 17.3 Å². The highest BCUT2D eigenvalue weighted by atomic mass is 19.1. The number of imidazole rings is 1. The quantitative estimate of drug-likeness (QED) is 0.262. The third kappa shape index (κ3) is 5.46. The molecule has 0 amide bonds. The summed E-state index contributed by atoms with van der Waals surface area (Å²) in [6.45, 7) is 4.39. The highest BCUT2D eigenvalue weighted by Crippen LogP contribution is 2.33. The number of halogens is 1. The molecule has 2 saturated heterocycles. The van der Waals surface area contributed by atoms with Crippen LogP contribution < -0.4 is 4.74 Å². The van der Waals surface area contributed by atoms with E-state index in [9.17, 15) is 14.5 Å². The molecule has 2 aliphatic heterocycles. The van der Waals surface area contributed by atoms with Gasteiger partial charge >= 0.3 is 5.69 Å². The van der Waals surface area contributed by atoms with Crippen LogP contribution in [0.2, 0.25) is 0 Å². The van der Waals surface area contributed by atoms with Gasteiger partial charge in [0.05, 0.1) is 22.6 Å². The predicted octanol–water partition coefficient (Wildman–Crippen LogP) is 4.82. The lowest BCUT2D eigenvalue weighted by Gasteiger charge is -2.26. The van der Waals surface area contributed by atoms with Crippen molar-refractivity contribution in [3.63, 3.8) is 0 Å². The van der Waals surface area contributed by atoms with Gasteiger partial charge in [-0.1, -0.05) is 6.42 Å². The fraction of sp³-hybridized carbons (Fsp3) is 0.583. The smallest absolute Gasteiger partial charge is 0.318 e. The van der Waals surface area contributed by atoms with Gasteiger partial charge in [-0.15, -0.1) is 0 Å². The molecule has 1 atom stereocenters. The molecule has 5 rings (SSSR count). The van der Waals surface area contributed by atoms with Crippen LogP contribution in [0.1, 0.15) is 57.6 Å². The molecule has 2 aliphatic rings. The molecule has 188 valence electrons. The second-order valence-electron chi connectivity index (χ2n) is 9.26. The summed E-state index contributed by atoms with van der Waals surface area (Å²) in [4.78, 5) is 21.1. The number of hydrogen-bond donors (Lipinski definition) is 1. The molecule has 2 fully saturated rings. The average molecular weight is 487 g/mol. The molecule has 0 spiro atoms. The number of nitrogens with zero attached hydrogens (tertiary/aromatic N) is 5. The van der Waals surface area contributed by atoms with E-state index in [1.807, 2.05) is 0 Å². The average Bonchev–Trinajstić information content (AvgIpc) is 3.49. The maximum atomic E-state index is 14.7. The molecule has 11 heteroatoms. The number of aromatic amines is 1. The Morgan fingerprint density at radius 1 is 1.20 bits per heavy atom. The van der Waals surface area contributed by atoms with Crippen LogP contribution in [0.4, 0.5) is 10.1 Å². The van der Waals surface area contributed by atoms with Crippen molar-refractivity contribution in [2.45, 2.75) is 57.6 Å². The largest absolute Gasteiger partial charge is 0.490 e. The van der Waals surface area contributed by atoms with E-state index in [0.717, 1.165) is 51.7 Å². The van der Waals surface area contributed by atoms with Crippen molar-refractivity contribution in [2.24, 2.45) is 0 Å².